The van der Waals surface area contributed by atoms with Crippen LogP contribution in [-0.4, -0.2) is 34.2 Å². The Morgan fingerprint density at radius 2 is 2.11 bits per heavy atom. The molecule has 0 bridgehead atoms. The molecule has 1 aliphatic rings. The van der Waals surface area contributed by atoms with Gasteiger partial charge >= 0.3 is 5.97 Å². The lowest BCUT2D eigenvalue weighted by molar-refractivity contribution is -0.144. The van der Waals surface area contributed by atoms with E-state index in [0.29, 0.717) is 27.7 Å². The molecule has 1 aromatic carbocycles. The van der Waals surface area contributed by atoms with E-state index in [4.69, 9.17) is 28.3 Å². The number of amides is 1. The van der Waals surface area contributed by atoms with Crippen LogP contribution >= 0.6 is 23.2 Å². The van der Waals surface area contributed by atoms with Crippen LogP contribution in [0.25, 0.3) is 0 Å². The number of carbonyl (C=O) groups is 2. The Labute approximate surface area is 119 Å². The smallest absolute Gasteiger partial charge is 0.325 e. The molecule has 1 N–H and O–H groups in total. The molecule has 0 fully saturated rings. The third kappa shape index (κ3) is 3.05. The summed E-state index contributed by atoms with van der Waals surface area (Å²) < 4.78 is 0. The van der Waals surface area contributed by atoms with Gasteiger partial charge in [-0.1, -0.05) is 35.3 Å². The van der Waals surface area contributed by atoms with Gasteiger partial charge in [0, 0.05) is 18.4 Å². The normalized spacial score (nSPS) is 15.4. The number of nitrogens with zero attached hydrogens (tertiary/aromatic N) is 2. The number of rotatable bonds is 3. The lowest BCUT2D eigenvalue weighted by Gasteiger charge is -2.22. The van der Waals surface area contributed by atoms with E-state index in [1.54, 1.807) is 18.2 Å². The summed E-state index contributed by atoms with van der Waals surface area (Å²) in [6, 6.07) is 5.11. The number of halogens is 2. The zero-order valence-corrected chi connectivity index (χ0v) is 11.3. The zero-order chi connectivity index (χ0) is 14.0. The maximum atomic E-state index is 11.6. The van der Waals surface area contributed by atoms with Gasteiger partial charge in [0.15, 0.2) is 0 Å². The molecule has 0 aromatic heterocycles. The van der Waals surface area contributed by atoms with E-state index in [1.807, 2.05) is 0 Å². The lowest BCUT2D eigenvalue weighted by atomic mass is 10.0. The Kier molecular flexibility index (Phi) is 4.07. The van der Waals surface area contributed by atoms with Crippen LogP contribution in [0.5, 0.6) is 0 Å². The molecule has 0 radical (unpaired) electrons. The average molecular weight is 301 g/mol. The van der Waals surface area contributed by atoms with Gasteiger partial charge in [-0.05, 0) is 6.07 Å². The minimum absolute atomic E-state index is 0.203. The average Bonchev–Trinajstić information content (AvgIpc) is 2.35. The second kappa shape index (κ2) is 5.59. The number of carbonyl (C=O) groups excluding carboxylic acids is 1. The van der Waals surface area contributed by atoms with Gasteiger partial charge in [-0.25, -0.2) is 5.01 Å². The first-order chi connectivity index (χ1) is 8.99. The predicted molar refractivity (Wildman–Crippen MR) is 71.6 cm³/mol. The monoisotopic (exact) mass is 300 g/mol. The highest BCUT2D eigenvalue weighted by molar-refractivity contribution is 6.44. The number of carboxylic acid groups (broad SMARTS) is 1. The molecule has 100 valence electrons. The van der Waals surface area contributed by atoms with Crippen molar-refractivity contribution in [2.45, 2.75) is 12.8 Å². The molecule has 0 saturated carbocycles. The Bertz CT molecular complexity index is 572. The lowest BCUT2D eigenvalue weighted by Crippen LogP contribution is -2.35. The van der Waals surface area contributed by atoms with Gasteiger partial charge in [0.25, 0.3) is 0 Å². The third-order valence-corrected chi connectivity index (χ3v) is 3.47. The fraction of sp³-hybridized carbons (Fsp3) is 0.250. The van der Waals surface area contributed by atoms with Gasteiger partial charge < -0.3 is 5.11 Å². The van der Waals surface area contributed by atoms with Crippen LogP contribution < -0.4 is 0 Å². The second-order valence-electron chi connectivity index (χ2n) is 3.99. The van der Waals surface area contributed by atoms with Crippen molar-refractivity contribution in [3.63, 3.8) is 0 Å². The van der Waals surface area contributed by atoms with E-state index in [2.05, 4.69) is 5.10 Å². The number of hydrazone groups is 1. The van der Waals surface area contributed by atoms with Crippen molar-refractivity contribution in [1.29, 1.82) is 0 Å². The van der Waals surface area contributed by atoms with Crippen molar-refractivity contribution < 1.29 is 14.7 Å². The third-order valence-electron chi connectivity index (χ3n) is 2.65. The molecule has 19 heavy (non-hydrogen) atoms. The van der Waals surface area contributed by atoms with Crippen LogP contribution in [0.1, 0.15) is 18.4 Å². The standard InChI is InChI=1S/C12H10Cl2N2O3/c13-8-3-1-2-7(12(8)14)9-4-5-10(17)16(15-9)6-11(18)19/h1-3H,4-6H2,(H,18,19). The summed E-state index contributed by atoms with van der Waals surface area (Å²) >= 11 is 12.0. The van der Waals surface area contributed by atoms with E-state index < -0.39 is 12.5 Å². The first kappa shape index (κ1) is 13.8. The van der Waals surface area contributed by atoms with Gasteiger partial charge in [0.2, 0.25) is 5.91 Å². The maximum Gasteiger partial charge on any atom is 0.325 e. The first-order valence-electron chi connectivity index (χ1n) is 5.53. The molecule has 5 nitrogen and oxygen atoms in total. The zero-order valence-electron chi connectivity index (χ0n) is 9.77. The molecular formula is C12H10Cl2N2O3. The van der Waals surface area contributed by atoms with Crippen molar-refractivity contribution in [3.05, 3.63) is 33.8 Å². The van der Waals surface area contributed by atoms with Gasteiger partial charge in [0.05, 0.1) is 15.8 Å². The predicted octanol–water partition coefficient (Wildman–Crippen LogP) is 2.40. The van der Waals surface area contributed by atoms with Gasteiger partial charge in [-0.15, -0.1) is 0 Å². The molecule has 1 aliphatic heterocycles. The number of benzene rings is 1. The van der Waals surface area contributed by atoms with Crippen molar-refractivity contribution in [3.8, 4) is 0 Å². The van der Waals surface area contributed by atoms with Crippen LogP contribution in [-0.2, 0) is 9.59 Å². The Hall–Kier alpha value is -1.59. The van der Waals surface area contributed by atoms with Crippen LogP contribution in [0.3, 0.4) is 0 Å². The highest BCUT2D eigenvalue weighted by atomic mass is 35.5. The fourth-order valence-electron chi connectivity index (χ4n) is 1.77. The first-order valence-corrected chi connectivity index (χ1v) is 6.28. The highest BCUT2D eigenvalue weighted by Crippen LogP contribution is 2.28. The molecular weight excluding hydrogens is 291 g/mol. The van der Waals surface area contributed by atoms with Gasteiger partial charge in [-0.3, -0.25) is 9.59 Å². The number of hydrogen-bond acceptors (Lipinski definition) is 3. The van der Waals surface area contributed by atoms with Crippen molar-refractivity contribution >= 4 is 40.8 Å². The highest BCUT2D eigenvalue weighted by Gasteiger charge is 2.24. The molecule has 0 unspecified atom stereocenters. The minimum Gasteiger partial charge on any atom is -0.480 e. The summed E-state index contributed by atoms with van der Waals surface area (Å²) in [6.45, 7) is -0.458. The topological polar surface area (TPSA) is 70.0 Å². The summed E-state index contributed by atoms with van der Waals surface area (Å²) in [5, 5.41) is 14.5. The summed E-state index contributed by atoms with van der Waals surface area (Å²) in [6.07, 6.45) is 0.615. The molecule has 0 saturated heterocycles. The molecule has 0 aliphatic carbocycles. The van der Waals surface area contributed by atoms with Crippen molar-refractivity contribution in [2.24, 2.45) is 5.10 Å². The van der Waals surface area contributed by atoms with Gasteiger partial charge in [-0.2, -0.15) is 5.10 Å². The van der Waals surface area contributed by atoms with Crippen molar-refractivity contribution in [1.82, 2.24) is 5.01 Å². The Morgan fingerprint density at radius 1 is 1.37 bits per heavy atom. The molecule has 0 atom stereocenters. The van der Waals surface area contributed by atoms with Gasteiger partial charge in [0.1, 0.15) is 6.54 Å². The molecule has 0 spiro atoms. The van der Waals surface area contributed by atoms with E-state index in [-0.39, 0.29) is 12.3 Å². The van der Waals surface area contributed by atoms with Crippen LogP contribution in [0.4, 0.5) is 0 Å². The SMILES string of the molecule is O=C(O)CN1N=C(c2cccc(Cl)c2Cl)CCC1=O. The van der Waals surface area contributed by atoms with E-state index in [9.17, 15) is 9.59 Å². The van der Waals surface area contributed by atoms with E-state index >= 15 is 0 Å². The Balaban J connectivity index is 2.36. The summed E-state index contributed by atoms with van der Waals surface area (Å²) in [7, 11) is 0. The maximum absolute atomic E-state index is 11.6. The molecule has 1 heterocycles. The fourth-order valence-corrected chi connectivity index (χ4v) is 2.18. The Morgan fingerprint density at radius 3 is 2.79 bits per heavy atom. The summed E-state index contributed by atoms with van der Waals surface area (Å²) in [5.74, 6) is -1.43. The summed E-state index contributed by atoms with van der Waals surface area (Å²) in [5.41, 5.74) is 1.19. The van der Waals surface area contributed by atoms with Crippen LogP contribution in [0.15, 0.2) is 23.3 Å². The number of aliphatic carboxylic acids is 1. The molecule has 1 amide bonds. The van der Waals surface area contributed by atoms with E-state index in [0.717, 1.165) is 5.01 Å². The van der Waals surface area contributed by atoms with Crippen LogP contribution in [0.2, 0.25) is 10.0 Å². The van der Waals surface area contributed by atoms with Crippen LogP contribution in [0, 0.1) is 0 Å². The molecule has 7 heteroatoms. The second-order valence-corrected chi connectivity index (χ2v) is 4.78. The van der Waals surface area contributed by atoms with Crippen molar-refractivity contribution in [2.75, 3.05) is 6.54 Å². The quantitative estimate of drug-likeness (QED) is 0.932. The minimum atomic E-state index is -1.12. The molecule has 1 aromatic rings. The summed E-state index contributed by atoms with van der Waals surface area (Å²) in [4.78, 5) is 22.2. The molecule has 2 rings (SSSR count). The number of hydrogen-bond donors (Lipinski definition) is 1. The van der Waals surface area contributed by atoms with E-state index in [1.165, 1.54) is 0 Å². The number of carboxylic acids is 1. The largest absolute Gasteiger partial charge is 0.480 e.